The van der Waals surface area contributed by atoms with Gasteiger partial charge in [-0.3, -0.25) is 39.1 Å². The molecule has 2 saturated heterocycles. The number of piperidine rings is 2. The molecule has 350 valence electrons. The van der Waals surface area contributed by atoms with Crippen LogP contribution in [0.4, 0.5) is 5.82 Å². The first-order valence-corrected chi connectivity index (χ1v) is 23.3. The number of hydrogen-bond acceptors (Lipinski definition) is 13. The standard InChI is InChI=1S/C50H62N8O8/c1-10-64-39-22-34(21-35-42(39)46(63)58(45(35)62)38-11-12-41(59)54-44(38)61)65-33-19-31(20-33)57(27(2)3)26-30-13-15-56(16-14-30)40-25-52-37(24-53-40)43(60)55-47-49(6,7)48(50(47,8)9)66-32-17-28(4)36(23-51)29(5)18-32/h17-18,21-22,24-25,27,30-31,33,38,47-48H,10-16,19-20,26H2,1-9H3,(H,55,60)(H,54,59,61)/t31?,33?,38-,47?,48?/m1/s1. The van der Waals surface area contributed by atoms with Crippen LogP contribution >= 0.6 is 0 Å². The van der Waals surface area contributed by atoms with Crippen LogP contribution in [0.15, 0.2) is 36.7 Å². The lowest BCUT2D eigenvalue weighted by Gasteiger charge is -2.63. The summed E-state index contributed by atoms with van der Waals surface area (Å²) in [6.07, 6.45) is 6.73. The van der Waals surface area contributed by atoms with Gasteiger partial charge in [0.15, 0.2) is 0 Å². The van der Waals surface area contributed by atoms with E-state index in [2.05, 4.69) is 78.0 Å². The van der Waals surface area contributed by atoms with Crippen molar-refractivity contribution in [2.45, 2.75) is 137 Å². The number of nitrogens with zero attached hydrogens (tertiary/aromatic N) is 6. The van der Waals surface area contributed by atoms with Gasteiger partial charge in [0.25, 0.3) is 17.7 Å². The molecule has 3 aliphatic heterocycles. The average Bonchev–Trinajstić information content (AvgIpc) is 3.50. The quantitative estimate of drug-likeness (QED) is 0.181. The number of carbonyl (C=O) groups is 5. The Morgan fingerprint density at radius 2 is 1.61 bits per heavy atom. The number of anilines is 1. The van der Waals surface area contributed by atoms with Gasteiger partial charge in [0.2, 0.25) is 11.8 Å². The van der Waals surface area contributed by atoms with Crippen LogP contribution < -0.4 is 29.7 Å². The van der Waals surface area contributed by atoms with Gasteiger partial charge in [-0.2, -0.15) is 5.26 Å². The van der Waals surface area contributed by atoms with E-state index in [1.807, 2.05) is 26.0 Å². The molecule has 0 spiro atoms. The molecule has 16 nitrogen and oxygen atoms in total. The zero-order valence-corrected chi connectivity index (χ0v) is 39.5. The van der Waals surface area contributed by atoms with E-state index in [0.717, 1.165) is 72.9 Å². The van der Waals surface area contributed by atoms with E-state index in [1.165, 1.54) is 0 Å². The van der Waals surface area contributed by atoms with E-state index < -0.39 is 29.7 Å². The van der Waals surface area contributed by atoms with E-state index in [0.29, 0.717) is 29.3 Å². The molecule has 4 fully saturated rings. The minimum absolute atomic E-state index is 0.0417. The highest BCUT2D eigenvalue weighted by molar-refractivity contribution is 6.24. The van der Waals surface area contributed by atoms with Crippen molar-refractivity contribution in [1.29, 1.82) is 5.26 Å². The molecule has 0 radical (unpaired) electrons. The fraction of sp³-hybridized carbons (Fsp3) is 0.560. The highest BCUT2D eigenvalue weighted by Crippen LogP contribution is 2.55. The van der Waals surface area contributed by atoms with Crippen LogP contribution in [0.1, 0.15) is 135 Å². The first-order valence-electron chi connectivity index (χ1n) is 23.3. The lowest BCUT2D eigenvalue weighted by atomic mass is 9.49. The Hall–Kier alpha value is -6.08. The molecular weight excluding hydrogens is 841 g/mol. The Morgan fingerprint density at radius 1 is 0.939 bits per heavy atom. The highest BCUT2D eigenvalue weighted by atomic mass is 16.5. The van der Waals surface area contributed by atoms with E-state index in [4.69, 9.17) is 14.2 Å². The number of benzene rings is 2. The minimum atomic E-state index is -1.07. The molecule has 2 N–H and O–H groups in total. The summed E-state index contributed by atoms with van der Waals surface area (Å²) in [7, 11) is 0. The van der Waals surface area contributed by atoms with Crippen LogP contribution in [0.2, 0.25) is 0 Å². The van der Waals surface area contributed by atoms with E-state index in [1.54, 1.807) is 31.5 Å². The van der Waals surface area contributed by atoms with Crippen molar-refractivity contribution in [1.82, 2.24) is 30.4 Å². The van der Waals surface area contributed by atoms with Crippen molar-refractivity contribution in [2.75, 3.05) is 31.1 Å². The van der Waals surface area contributed by atoms with Gasteiger partial charge in [0, 0.05) is 73.9 Å². The number of aryl methyl sites for hydroxylation is 2. The van der Waals surface area contributed by atoms with Gasteiger partial charge in [-0.15, -0.1) is 0 Å². The summed E-state index contributed by atoms with van der Waals surface area (Å²) in [4.78, 5) is 80.0. The number of nitriles is 1. The SMILES string of the molecule is CCOc1cc(OC2CC(N(CC3CCN(c4cnc(C(=O)NC5C(C)(C)C(Oc6cc(C)c(C#N)c(C)c6)C5(C)C)cn4)CC3)C(C)C)C2)cc2c1C(=O)N([C@@H]1CCC(=O)NC1=O)C2=O. The Labute approximate surface area is 386 Å². The van der Waals surface area contributed by atoms with Crippen LogP contribution in [-0.2, 0) is 9.59 Å². The molecule has 2 saturated carbocycles. The zero-order chi connectivity index (χ0) is 47.4. The average molecular weight is 903 g/mol. The van der Waals surface area contributed by atoms with Crippen LogP contribution in [0.3, 0.4) is 0 Å². The monoisotopic (exact) mass is 902 g/mol. The van der Waals surface area contributed by atoms with Gasteiger partial charge < -0.3 is 24.4 Å². The lowest BCUT2D eigenvalue weighted by Crippen LogP contribution is -2.74. The Balaban J connectivity index is 0.818. The number of hydrogen-bond donors (Lipinski definition) is 2. The number of fused-ring (bicyclic) bond motifs is 1. The van der Waals surface area contributed by atoms with Crippen LogP contribution in [-0.4, -0.2) is 112 Å². The second kappa shape index (κ2) is 18.0. The number of imide groups is 2. The smallest absolute Gasteiger partial charge is 0.271 e. The van der Waals surface area contributed by atoms with Crippen molar-refractivity contribution in [3.05, 3.63) is 70.2 Å². The summed E-state index contributed by atoms with van der Waals surface area (Å²) in [6.45, 7) is 21.4. The molecule has 2 aliphatic carbocycles. The topological polar surface area (TPSA) is 196 Å². The van der Waals surface area contributed by atoms with Crippen LogP contribution in [0.5, 0.6) is 17.2 Å². The molecule has 0 unspecified atom stereocenters. The first kappa shape index (κ1) is 46.4. The maximum atomic E-state index is 13.6. The molecule has 5 amide bonds. The van der Waals surface area contributed by atoms with Crippen molar-refractivity contribution >= 4 is 35.4 Å². The summed E-state index contributed by atoms with van der Waals surface area (Å²) < 4.78 is 18.8. The van der Waals surface area contributed by atoms with Gasteiger partial charge >= 0.3 is 0 Å². The summed E-state index contributed by atoms with van der Waals surface area (Å²) in [5.74, 6) is 0.0698. The van der Waals surface area contributed by atoms with Gasteiger partial charge in [-0.1, -0.05) is 27.7 Å². The number of carbonyl (C=O) groups excluding carboxylic acids is 5. The van der Waals surface area contributed by atoms with Crippen LogP contribution in [0.25, 0.3) is 0 Å². The molecule has 1 atom stereocenters. The lowest BCUT2D eigenvalue weighted by molar-refractivity contribution is -0.164. The zero-order valence-electron chi connectivity index (χ0n) is 39.5. The molecule has 1 aromatic heterocycles. The van der Waals surface area contributed by atoms with E-state index in [9.17, 15) is 29.2 Å². The fourth-order valence-electron chi connectivity index (χ4n) is 11.3. The minimum Gasteiger partial charge on any atom is -0.493 e. The fourth-order valence-corrected chi connectivity index (χ4v) is 11.3. The molecule has 5 aliphatic rings. The number of rotatable bonds is 14. The summed E-state index contributed by atoms with van der Waals surface area (Å²) in [6, 6.07) is 8.72. The Kier molecular flexibility index (Phi) is 12.6. The van der Waals surface area contributed by atoms with Gasteiger partial charge in [0.05, 0.1) is 41.8 Å². The summed E-state index contributed by atoms with van der Waals surface area (Å²) >= 11 is 0. The molecule has 8 rings (SSSR count). The molecule has 2 aromatic carbocycles. The molecule has 3 aromatic rings. The molecule has 66 heavy (non-hydrogen) atoms. The van der Waals surface area contributed by atoms with Crippen molar-refractivity contribution in [3.63, 3.8) is 0 Å². The Morgan fingerprint density at radius 3 is 2.20 bits per heavy atom. The maximum Gasteiger partial charge on any atom is 0.271 e. The second-order valence-corrected chi connectivity index (χ2v) is 20.2. The third-order valence-electron chi connectivity index (χ3n) is 14.5. The van der Waals surface area contributed by atoms with Gasteiger partial charge in [-0.25, -0.2) is 9.97 Å². The summed E-state index contributed by atoms with van der Waals surface area (Å²) in [5.41, 5.74) is 2.18. The van der Waals surface area contributed by atoms with Crippen LogP contribution in [0, 0.1) is 41.9 Å². The maximum absolute atomic E-state index is 13.6. The van der Waals surface area contributed by atoms with E-state index >= 15 is 0 Å². The normalized spacial score (nSPS) is 24.6. The van der Waals surface area contributed by atoms with Crippen molar-refractivity contribution in [3.8, 4) is 23.3 Å². The molecule has 4 heterocycles. The third-order valence-corrected chi connectivity index (χ3v) is 14.5. The van der Waals surface area contributed by atoms with Gasteiger partial charge in [0.1, 0.15) is 47.0 Å². The summed E-state index contributed by atoms with van der Waals surface area (Å²) in [5, 5.41) is 15.0. The number of amides is 5. The number of aromatic nitrogens is 2. The van der Waals surface area contributed by atoms with E-state index in [-0.39, 0.29) is 77.0 Å². The number of ether oxygens (including phenoxy) is 3. The largest absolute Gasteiger partial charge is 0.493 e. The first-order chi connectivity index (χ1) is 31.3. The molecule has 16 heteroatoms. The van der Waals surface area contributed by atoms with Gasteiger partial charge in [-0.05, 0) is 89.1 Å². The Bertz CT molecular complexity index is 2430. The predicted octanol–water partition coefficient (Wildman–Crippen LogP) is 5.91. The van der Waals surface area contributed by atoms with Crippen molar-refractivity contribution < 1.29 is 38.2 Å². The molecular formula is C50H62N8O8. The number of nitrogens with one attached hydrogen (secondary N) is 2. The predicted molar refractivity (Wildman–Crippen MR) is 244 cm³/mol. The van der Waals surface area contributed by atoms with Crippen molar-refractivity contribution in [2.24, 2.45) is 16.7 Å². The second-order valence-electron chi connectivity index (χ2n) is 20.2. The molecule has 0 bridgehead atoms. The highest BCUT2D eigenvalue weighted by Gasteiger charge is 2.64. The third kappa shape index (κ3) is 8.58.